The Morgan fingerprint density at radius 1 is 1.30 bits per heavy atom. The van der Waals surface area contributed by atoms with Crippen molar-refractivity contribution in [1.82, 2.24) is 0 Å². The Kier molecular flexibility index (Phi) is 6.12. The molecule has 0 radical (unpaired) electrons. The van der Waals surface area contributed by atoms with E-state index in [9.17, 15) is 9.90 Å². The number of rotatable bonds is 6. The molecule has 23 heavy (non-hydrogen) atoms. The maximum Gasteiger partial charge on any atom is 0.308 e. The largest absolute Gasteiger partial charge is 0.435 e. The van der Waals surface area contributed by atoms with Gasteiger partial charge in [-0.2, -0.15) is 0 Å². The Morgan fingerprint density at radius 3 is 2.52 bits per heavy atom. The minimum Gasteiger partial charge on any atom is -0.435 e. The standard InChI is InChI=1S/C19H34O4/c1-6-19(21,7-2)15-11-17(20)23-18(15)22-16-10-13(5)8-9-14(16)12(3)4/h12-16,18,21H,6-11H2,1-5H3/t13-,14+,15-,16-,18-/m1/s1. The topological polar surface area (TPSA) is 55.8 Å². The van der Waals surface area contributed by atoms with Gasteiger partial charge in [-0.05, 0) is 43.4 Å². The van der Waals surface area contributed by atoms with Crippen molar-refractivity contribution in [2.24, 2.45) is 23.7 Å². The molecule has 1 saturated heterocycles. The monoisotopic (exact) mass is 326 g/mol. The first kappa shape index (κ1) is 18.7. The Hall–Kier alpha value is -0.610. The minimum atomic E-state index is -0.884. The van der Waals surface area contributed by atoms with Crippen LogP contribution in [-0.2, 0) is 14.3 Å². The molecule has 134 valence electrons. The third-order valence-electron chi connectivity index (χ3n) is 6.15. The van der Waals surface area contributed by atoms with Crippen LogP contribution < -0.4 is 0 Å². The van der Waals surface area contributed by atoms with Crippen molar-refractivity contribution in [3.8, 4) is 0 Å². The fourth-order valence-corrected chi connectivity index (χ4v) is 4.32. The van der Waals surface area contributed by atoms with E-state index in [1.54, 1.807) is 0 Å². The van der Waals surface area contributed by atoms with Crippen LogP contribution in [0.1, 0.15) is 73.1 Å². The number of ether oxygens (including phenoxy) is 2. The van der Waals surface area contributed by atoms with Crippen LogP contribution in [0.25, 0.3) is 0 Å². The molecular formula is C19H34O4. The summed E-state index contributed by atoms with van der Waals surface area (Å²) < 4.78 is 11.8. The number of carbonyl (C=O) groups is 1. The highest BCUT2D eigenvalue weighted by Gasteiger charge is 2.49. The van der Waals surface area contributed by atoms with Crippen molar-refractivity contribution in [1.29, 1.82) is 0 Å². The van der Waals surface area contributed by atoms with Gasteiger partial charge in [0.15, 0.2) is 0 Å². The molecule has 0 unspecified atom stereocenters. The summed E-state index contributed by atoms with van der Waals surface area (Å²) in [6.07, 6.45) is 4.43. The van der Waals surface area contributed by atoms with E-state index in [4.69, 9.17) is 9.47 Å². The van der Waals surface area contributed by atoms with Crippen molar-refractivity contribution < 1.29 is 19.4 Å². The van der Waals surface area contributed by atoms with Crippen LogP contribution in [0.2, 0.25) is 0 Å². The van der Waals surface area contributed by atoms with Gasteiger partial charge in [0.05, 0.1) is 24.0 Å². The van der Waals surface area contributed by atoms with Crippen LogP contribution in [0.3, 0.4) is 0 Å². The zero-order valence-electron chi connectivity index (χ0n) is 15.4. The van der Waals surface area contributed by atoms with Gasteiger partial charge in [-0.1, -0.05) is 41.0 Å². The first-order chi connectivity index (χ1) is 10.8. The highest BCUT2D eigenvalue weighted by atomic mass is 16.7. The molecule has 0 aromatic heterocycles. The summed E-state index contributed by atoms with van der Waals surface area (Å²) in [6, 6.07) is 0. The third kappa shape index (κ3) is 4.08. The van der Waals surface area contributed by atoms with Gasteiger partial charge in [-0.3, -0.25) is 4.79 Å². The zero-order chi connectivity index (χ0) is 17.2. The lowest BCUT2D eigenvalue weighted by molar-refractivity contribution is -0.215. The maximum atomic E-state index is 11.9. The molecule has 1 aliphatic heterocycles. The van der Waals surface area contributed by atoms with Gasteiger partial charge in [0, 0.05) is 0 Å². The molecule has 1 N–H and O–H groups in total. The van der Waals surface area contributed by atoms with E-state index in [2.05, 4.69) is 20.8 Å². The van der Waals surface area contributed by atoms with E-state index in [-0.39, 0.29) is 24.4 Å². The molecule has 4 heteroatoms. The van der Waals surface area contributed by atoms with Gasteiger partial charge in [-0.15, -0.1) is 0 Å². The average molecular weight is 326 g/mol. The SMILES string of the molecule is CCC(O)(CC)[C@@H]1CC(=O)O[C@H]1O[C@@H]1C[C@H](C)CC[C@H]1C(C)C. The van der Waals surface area contributed by atoms with E-state index in [1.807, 2.05) is 13.8 Å². The molecule has 4 nitrogen and oxygen atoms in total. The van der Waals surface area contributed by atoms with Gasteiger partial charge in [0.25, 0.3) is 0 Å². The lowest BCUT2D eigenvalue weighted by Crippen LogP contribution is -2.45. The van der Waals surface area contributed by atoms with Crippen LogP contribution >= 0.6 is 0 Å². The third-order valence-corrected chi connectivity index (χ3v) is 6.15. The Bertz CT molecular complexity index is 402. The van der Waals surface area contributed by atoms with Gasteiger partial charge in [-0.25, -0.2) is 0 Å². The summed E-state index contributed by atoms with van der Waals surface area (Å²) in [6.45, 7) is 10.7. The summed E-state index contributed by atoms with van der Waals surface area (Å²) in [4.78, 5) is 11.9. The van der Waals surface area contributed by atoms with Gasteiger partial charge in [0.1, 0.15) is 0 Å². The molecule has 0 bridgehead atoms. The van der Waals surface area contributed by atoms with Gasteiger partial charge in [0.2, 0.25) is 6.29 Å². The predicted molar refractivity (Wildman–Crippen MR) is 89.7 cm³/mol. The van der Waals surface area contributed by atoms with Gasteiger partial charge >= 0.3 is 5.97 Å². The summed E-state index contributed by atoms with van der Waals surface area (Å²) in [5.41, 5.74) is -0.884. The van der Waals surface area contributed by atoms with E-state index in [1.165, 1.54) is 12.8 Å². The van der Waals surface area contributed by atoms with Crippen molar-refractivity contribution in [2.75, 3.05) is 0 Å². The second kappa shape index (κ2) is 7.52. The van der Waals surface area contributed by atoms with E-state index >= 15 is 0 Å². The first-order valence-corrected chi connectivity index (χ1v) is 9.38. The average Bonchev–Trinajstić information content (AvgIpc) is 2.87. The summed E-state index contributed by atoms with van der Waals surface area (Å²) in [7, 11) is 0. The molecule has 2 aliphatic rings. The maximum absolute atomic E-state index is 11.9. The Morgan fingerprint density at radius 2 is 1.96 bits per heavy atom. The first-order valence-electron chi connectivity index (χ1n) is 9.38. The number of esters is 1. The van der Waals surface area contributed by atoms with Crippen LogP contribution in [-0.4, -0.2) is 29.1 Å². The molecular weight excluding hydrogens is 292 g/mol. The molecule has 2 fully saturated rings. The van der Waals surface area contributed by atoms with Crippen molar-refractivity contribution >= 4 is 5.97 Å². The molecule has 1 aliphatic carbocycles. The Balaban J connectivity index is 2.13. The molecule has 5 atom stereocenters. The molecule has 0 amide bonds. The molecule has 0 aromatic carbocycles. The summed E-state index contributed by atoms with van der Waals surface area (Å²) in [5.74, 6) is 1.20. The van der Waals surface area contributed by atoms with E-state index in [0.717, 1.165) is 6.42 Å². The lowest BCUT2D eigenvalue weighted by Gasteiger charge is -2.40. The fourth-order valence-electron chi connectivity index (χ4n) is 4.32. The van der Waals surface area contributed by atoms with Crippen LogP contribution in [0.15, 0.2) is 0 Å². The molecule has 0 spiro atoms. The van der Waals surface area contributed by atoms with Crippen LogP contribution in [0.4, 0.5) is 0 Å². The number of carbonyl (C=O) groups excluding carboxylic acids is 1. The van der Waals surface area contributed by atoms with Gasteiger partial charge < -0.3 is 14.6 Å². The van der Waals surface area contributed by atoms with E-state index < -0.39 is 11.9 Å². The zero-order valence-corrected chi connectivity index (χ0v) is 15.4. The number of cyclic esters (lactones) is 1. The molecule has 1 saturated carbocycles. The van der Waals surface area contributed by atoms with Crippen LogP contribution in [0.5, 0.6) is 0 Å². The van der Waals surface area contributed by atoms with Crippen LogP contribution in [0, 0.1) is 23.7 Å². The quantitative estimate of drug-likeness (QED) is 0.752. The fraction of sp³-hybridized carbons (Fsp3) is 0.947. The molecule has 1 heterocycles. The summed E-state index contributed by atoms with van der Waals surface area (Å²) >= 11 is 0. The lowest BCUT2D eigenvalue weighted by atomic mass is 9.75. The highest BCUT2D eigenvalue weighted by molar-refractivity contribution is 5.72. The minimum absolute atomic E-state index is 0.120. The van der Waals surface area contributed by atoms with E-state index in [0.29, 0.717) is 30.6 Å². The second-order valence-corrected chi connectivity index (χ2v) is 7.98. The normalized spacial score (nSPS) is 35.6. The molecule has 2 rings (SSSR count). The molecule has 0 aromatic rings. The highest BCUT2D eigenvalue weighted by Crippen LogP contribution is 2.41. The Labute approximate surface area is 140 Å². The number of hydrogen-bond donors (Lipinski definition) is 1. The number of hydrogen-bond acceptors (Lipinski definition) is 4. The predicted octanol–water partition coefficient (Wildman–Crippen LogP) is 3.90. The van der Waals surface area contributed by atoms with Crippen molar-refractivity contribution in [3.63, 3.8) is 0 Å². The van der Waals surface area contributed by atoms with Crippen molar-refractivity contribution in [2.45, 2.75) is 91.1 Å². The second-order valence-electron chi connectivity index (χ2n) is 7.98. The summed E-state index contributed by atoms with van der Waals surface area (Å²) in [5, 5.41) is 10.9. The smallest absolute Gasteiger partial charge is 0.308 e. The van der Waals surface area contributed by atoms with Crippen molar-refractivity contribution in [3.05, 3.63) is 0 Å². The number of aliphatic hydroxyl groups is 1.